The van der Waals surface area contributed by atoms with Gasteiger partial charge >= 0.3 is 0 Å². The number of aliphatic hydroxyl groups is 11. The molecule has 84 heavy (non-hydrogen) atoms. The highest BCUT2D eigenvalue weighted by molar-refractivity contribution is 5.76. The van der Waals surface area contributed by atoms with Crippen molar-refractivity contribution in [3.05, 3.63) is 36.5 Å². The van der Waals surface area contributed by atoms with E-state index in [2.05, 4.69) is 43.5 Å². The van der Waals surface area contributed by atoms with E-state index in [-0.39, 0.29) is 18.9 Å². The van der Waals surface area contributed by atoms with Crippen molar-refractivity contribution in [2.24, 2.45) is 0 Å². The lowest BCUT2D eigenvalue weighted by Crippen LogP contribution is -2.66. The van der Waals surface area contributed by atoms with Crippen molar-refractivity contribution in [2.75, 3.05) is 26.4 Å². The van der Waals surface area contributed by atoms with Gasteiger partial charge < -0.3 is 89.9 Å². The minimum absolute atomic E-state index is 0.226. The molecule has 0 aromatic rings. The molecule has 19 heteroatoms. The van der Waals surface area contributed by atoms with Crippen molar-refractivity contribution < 1.29 is 89.4 Å². The molecule has 0 saturated carbocycles. The predicted octanol–water partition coefficient (Wildman–Crippen LogP) is 7.66. The highest BCUT2D eigenvalue weighted by atomic mass is 16.8. The maximum Gasteiger partial charge on any atom is 0.220 e. The lowest BCUT2D eigenvalue weighted by atomic mass is 9.96. The van der Waals surface area contributed by atoms with E-state index in [0.717, 1.165) is 57.8 Å². The number of amides is 1. The molecule has 0 aromatic heterocycles. The van der Waals surface area contributed by atoms with Gasteiger partial charge in [0.25, 0.3) is 0 Å². The number of rotatable bonds is 50. The minimum Gasteiger partial charge on any atom is -0.394 e. The second-order valence-electron chi connectivity index (χ2n) is 23.9. The standard InChI is InChI=1S/C65H119NO18/c1-3-5-7-9-11-13-15-17-19-20-21-22-23-24-25-26-27-29-30-32-34-36-38-40-42-49(70)48(66-53(71)43-41-39-37-35-33-31-28-18-16-14-12-10-8-6-4-2)47-79-63-59(77)56(74)61(51(45-68)81-63)84-65-60(78)57(75)62(52(46-69)82-65)83-64-58(76)55(73)54(72)50(44-67)80-64/h18,28,32,34,40,42,48-52,54-65,67-70,72-78H,3-17,19-27,29-31,33,35-39,41,43-47H2,1-2H3,(H,66,71)/b28-18-,34-32+,42-40+. The molecular formula is C65H119NO18. The van der Waals surface area contributed by atoms with Crippen LogP contribution in [0, 0.1) is 0 Å². The zero-order valence-electron chi connectivity index (χ0n) is 51.6. The van der Waals surface area contributed by atoms with E-state index in [1.54, 1.807) is 6.08 Å². The lowest BCUT2D eigenvalue weighted by molar-refractivity contribution is -0.379. The number of hydrogen-bond donors (Lipinski definition) is 12. The molecule has 3 aliphatic heterocycles. The van der Waals surface area contributed by atoms with E-state index < -0.39 is 124 Å². The van der Waals surface area contributed by atoms with Crippen LogP contribution in [0.4, 0.5) is 0 Å². The average molecular weight is 1200 g/mol. The van der Waals surface area contributed by atoms with Crippen LogP contribution in [0.15, 0.2) is 36.5 Å². The van der Waals surface area contributed by atoms with Gasteiger partial charge in [0.2, 0.25) is 5.91 Å². The summed E-state index contributed by atoms with van der Waals surface area (Å²) >= 11 is 0. The van der Waals surface area contributed by atoms with Crippen molar-refractivity contribution in [3.63, 3.8) is 0 Å². The van der Waals surface area contributed by atoms with Crippen molar-refractivity contribution in [2.45, 2.75) is 343 Å². The van der Waals surface area contributed by atoms with Gasteiger partial charge in [0.05, 0.1) is 38.6 Å². The van der Waals surface area contributed by atoms with Gasteiger partial charge in [0.1, 0.15) is 73.2 Å². The van der Waals surface area contributed by atoms with Crippen LogP contribution in [-0.2, 0) is 33.2 Å². The van der Waals surface area contributed by atoms with Crippen molar-refractivity contribution in [1.29, 1.82) is 0 Å². The average Bonchev–Trinajstić information content (AvgIpc) is 2.81. The molecule has 12 N–H and O–H groups in total. The van der Waals surface area contributed by atoms with Gasteiger partial charge in [0, 0.05) is 6.42 Å². The first-order chi connectivity index (χ1) is 40.8. The molecule has 492 valence electrons. The topological polar surface area (TPSA) is 307 Å². The molecule has 3 rings (SSSR count). The molecule has 0 aromatic carbocycles. The van der Waals surface area contributed by atoms with Crippen LogP contribution in [0.1, 0.15) is 239 Å². The van der Waals surface area contributed by atoms with Gasteiger partial charge in [-0.2, -0.15) is 0 Å². The van der Waals surface area contributed by atoms with E-state index in [1.807, 2.05) is 6.08 Å². The summed E-state index contributed by atoms with van der Waals surface area (Å²) in [4.78, 5) is 13.3. The Morgan fingerprint density at radius 3 is 1.19 bits per heavy atom. The molecule has 0 spiro atoms. The summed E-state index contributed by atoms with van der Waals surface area (Å²) in [6.45, 7) is 1.71. The van der Waals surface area contributed by atoms with Crippen molar-refractivity contribution in [1.82, 2.24) is 5.32 Å². The molecule has 3 fully saturated rings. The first-order valence-electron chi connectivity index (χ1n) is 33.2. The molecule has 17 unspecified atom stereocenters. The number of ether oxygens (including phenoxy) is 6. The predicted molar refractivity (Wildman–Crippen MR) is 323 cm³/mol. The normalized spacial score (nSPS) is 29.4. The lowest BCUT2D eigenvalue weighted by Gasteiger charge is -2.48. The second-order valence-corrected chi connectivity index (χ2v) is 23.9. The largest absolute Gasteiger partial charge is 0.394 e. The molecule has 1 amide bonds. The quantitative estimate of drug-likeness (QED) is 0.0205. The Hall–Kier alpha value is -1.99. The van der Waals surface area contributed by atoms with Gasteiger partial charge in [-0.05, 0) is 57.8 Å². The van der Waals surface area contributed by atoms with Gasteiger partial charge in [0.15, 0.2) is 18.9 Å². The fourth-order valence-corrected chi connectivity index (χ4v) is 11.2. The van der Waals surface area contributed by atoms with E-state index in [1.165, 1.54) is 148 Å². The Morgan fingerprint density at radius 2 is 0.762 bits per heavy atom. The smallest absolute Gasteiger partial charge is 0.220 e. The monoisotopic (exact) mass is 1200 g/mol. The van der Waals surface area contributed by atoms with Gasteiger partial charge in [-0.1, -0.05) is 211 Å². The number of allylic oxidation sites excluding steroid dienone is 5. The van der Waals surface area contributed by atoms with Gasteiger partial charge in [-0.3, -0.25) is 4.79 Å². The summed E-state index contributed by atoms with van der Waals surface area (Å²) in [6, 6.07) is -0.993. The highest BCUT2D eigenvalue weighted by Crippen LogP contribution is 2.33. The summed E-state index contributed by atoms with van der Waals surface area (Å²) in [7, 11) is 0. The first-order valence-corrected chi connectivity index (χ1v) is 33.2. The summed E-state index contributed by atoms with van der Waals surface area (Å²) in [5.41, 5.74) is 0. The van der Waals surface area contributed by atoms with Gasteiger partial charge in [-0.25, -0.2) is 0 Å². The molecule has 3 heterocycles. The Morgan fingerprint density at radius 1 is 0.417 bits per heavy atom. The number of carbonyl (C=O) groups is 1. The highest BCUT2D eigenvalue weighted by Gasteiger charge is 2.53. The summed E-state index contributed by atoms with van der Waals surface area (Å²) in [5, 5.41) is 120. The van der Waals surface area contributed by atoms with Crippen LogP contribution >= 0.6 is 0 Å². The van der Waals surface area contributed by atoms with Crippen LogP contribution in [0.25, 0.3) is 0 Å². The van der Waals surface area contributed by atoms with Crippen molar-refractivity contribution >= 4 is 5.91 Å². The number of aliphatic hydroxyl groups excluding tert-OH is 11. The molecule has 19 nitrogen and oxygen atoms in total. The van der Waals surface area contributed by atoms with E-state index in [0.29, 0.717) is 12.8 Å². The Bertz CT molecular complexity index is 1670. The van der Waals surface area contributed by atoms with E-state index in [4.69, 9.17) is 28.4 Å². The number of carbonyl (C=O) groups excluding carboxylic acids is 1. The van der Waals surface area contributed by atoms with Gasteiger partial charge in [-0.15, -0.1) is 0 Å². The Balaban J connectivity index is 1.47. The molecular weight excluding hydrogens is 1080 g/mol. The Kier molecular flexibility index (Phi) is 43.5. The third kappa shape index (κ3) is 30.5. The fourth-order valence-electron chi connectivity index (χ4n) is 11.2. The third-order valence-corrected chi connectivity index (χ3v) is 16.7. The molecule has 3 saturated heterocycles. The zero-order chi connectivity index (χ0) is 61.2. The maximum atomic E-state index is 13.3. The maximum absolute atomic E-state index is 13.3. The number of hydrogen-bond acceptors (Lipinski definition) is 18. The fraction of sp³-hybridized carbons (Fsp3) is 0.892. The molecule has 0 radical (unpaired) electrons. The van der Waals surface area contributed by atoms with Crippen LogP contribution in [0.5, 0.6) is 0 Å². The third-order valence-electron chi connectivity index (χ3n) is 16.7. The number of nitrogens with one attached hydrogen (secondary N) is 1. The van der Waals surface area contributed by atoms with Crippen LogP contribution < -0.4 is 5.32 Å². The molecule has 3 aliphatic rings. The zero-order valence-corrected chi connectivity index (χ0v) is 51.6. The summed E-state index contributed by atoms with van der Waals surface area (Å²) in [6.07, 6.45) is 27.0. The number of unbranched alkanes of at least 4 members (excludes halogenated alkanes) is 30. The molecule has 0 bridgehead atoms. The minimum atomic E-state index is -1.98. The van der Waals surface area contributed by atoms with Crippen LogP contribution in [0.3, 0.4) is 0 Å². The van der Waals surface area contributed by atoms with Crippen molar-refractivity contribution in [3.8, 4) is 0 Å². The molecule has 17 atom stereocenters. The molecule has 0 aliphatic carbocycles. The summed E-state index contributed by atoms with van der Waals surface area (Å²) < 4.78 is 34.3. The van der Waals surface area contributed by atoms with E-state index in [9.17, 15) is 61.0 Å². The van der Waals surface area contributed by atoms with Crippen LogP contribution in [0.2, 0.25) is 0 Å². The second kappa shape index (κ2) is 47.9. The van der Waals surface area contributed by atoms with E-state index >= 15 is 0 Å². The first kappa shape index (κ1) is 76.3. The summed E-state index contributed by atoms with van der Waals surface area (Å²) in [5.74, 6) is -0.293. The Labute approximate surface area is 504 Å². The SMILES string of the molecule is CCCCCCCC/C=C\CCCCCCCC(=O)NC(COC1OC(CO)C(OC2OC(CO)C(OC3OC(CO)C(O)C(O)C3O)C(O)C2O)C(O)C1O)C(O)/C=C/CC/C=C/CCCCCCCCCCCCCCCCCCCC. The van der Waals surface area contributed by atoms with Crippen LogP contribution in [-0.4, -0.2) is 193 Å².